The summed E-state index contributed by atoms with van der Waals surface area (Å²) in [6.07, 6.45) is 7.57. The van der Waals surface area contributed by atoms with Crippen molar-refractivity contribution >= 4 is 5.91 Å². The normalized spacial score (nSPS) is 29.4. The summed E-state index contributed by atoms with van der Waals surface area (Å²) in [6, 6.07) is 0.137. The lowest BCUT2D eigenvalue weighted by Gasteiger charge is -2.25. The highest BCUT2D eigenvalue weighted by molar-refractivity contribution is 5.82. The molecule has 0 aromatic carbocycles. The third kappa shape index (κ3) is 2.57. The first-order valence-electron chi connectivity index (χ1n) is 6.85. The molecule has 2 saturated carbocycles. The van der Waals surface area contributed by atoms with Crippen molar-refractivity contribution in [2.24, 2.45) is 11.8 Å². The molecular formula is C13H22N2O. The lowest BCUT2D eigenvalue weighted by molar-refractivity contribution is -0.133. The van der Waals surface area contributed by atoms with E-state index < -0.39 is 0 Å². The van der Waals surface area contributed by atoms with Crippen LogP contribution in [0.5, 0.6) is 0 Å². The molecule has 3 nitrogen and oxygen atoms in total. The lowest BCUT2D eigenvalue weighted by atomic mass is 10.2. The SMILES string of the molecule is O=C([C@H]1CCCN1)N(CC1CC1)CC1CC1. The highest BCUT2D eigenvalue weighted by atomic mass is 16.2. The topological polar surface area (TPSA) is 32.3 Å². The van der Waals surface area contributed by atoms with E-state index in [-0.39, 0.29) is 6.04 Å². The smallest absolute Gasteiger partial charge is 0.239 e. The molecule has 0 aromatic heterocycles. The molecule has 3 fully saturated rings. The summed E-state index contributed by atoms with van der Waals surface area (Å²) in [5.41, 5.74) is 0. The molecule has 0 radical (unpaired) electrons. The fourth-order valence-corrected chi connectivity index (χ4v) is 2.59. The van der Waals surface area contributed by atoms with Crippen molar-refractivity contribution in [2.45, 2.75) is 44.6 Å². The highest BCUT2D eigenvalue weighted by Gasteiger charge is 2.34. The van der Waals surface area contributed by atoms with Crippen LogP contribution in [0, 0.1) is 11.8 Å². The van der Waals surface area contributed by atoms with Gasteiger partial charge in [0.2, 0.25) is 5.91 Å². The standard InChI is InChI=1S/C13H22N2O/c16-13(12-2-1-7-14-12)15(8-10-3-4-10)9-11-5-6-11/h10-12,14H,1-9H2/t12-/m1/s1. The molecule has 90 valence electrons. The number of hydrogen-bond donors (Lipinski definition) is 1. The van der Waals surface area contributed by atoms with Gasteiger partial charge in [0.15, 0.2) is 0 Å². The van der Waals surface area contributed by atoms with Gasteiger partial charge in [-0.3, -0.25) is 4.79 Å². The van der Waals surface area contributed by atoms with Crippen molar-refractivity contribution in [1.82, 2.24) is 10.2 Å². The number of hydrogen-bond acceptors (Lipinski definition) is 2. The summed E-state index contributed by atoms with van der Waals surface area (Å²) in [7, 11) is 0. The van der Waals surface area contributed by atoms with Crippen molar-refractivity contribution in [3.63, 3.8) is 0 Å². The van der Waals surface area contributed by atoms with Crippen LogP contribution in [0.25, 0.3) is 0 Å². The summed E-state index contributed by atoms with van der Waals surface area (Å²) in [4.78, 5) is 14.5. The number of nitrogens with one attached hydrogen (secondary N) is 1. The van der Waals surface area contributed by atoms with Crippen LogP contribution in [-0.2, 0) is 4.79 Å². The van der Waals surface area contributed by atoms with Gasteiger partial charge in [-0.05, 0) is 56.9 Å². The van der Waals surface area contributed by atoms with E-state index in [0.717, 1.165) is 44.3 Å². The average Bonchev–Trinajstić information content (AvgIpc) is 3.20. The monoisotopic (exact) mass is 222 g/mol. The zero-order valence-electron chi connectivity index (χ0n) is 9.95. The van der Waals surface area contributed by atoms with Gasteiger partial charge < -0.3 is 10.2 Å². The van der Waals surface area contributed by atoms with E-state index in [0.29, 0.717) is 5.91 Å². The predicted octanol–water partition coefficient (Wildman–Crippen LogP) is 1.39. The minimum atomic E-state index is 0.137. The van der Waals surface area contributed by atoms with E-state index in [9.17, 15) is 4.79 Å². The van der Waals surface area contributed by atoms with Crippen molar-refractivity contribution in [1.29, 1.82) is 0 Å². The second kappa shape index (κ2) is 4.36. The summed E-state index contributed by atoms with van der Waals surface area (Å²) in [5.74, 6) is 2.03. The Morgan fingerprint density at radius 3 is 2.12 bits per heavy atom. The molecule has 3 aliphatic rings. The molecular weight excluding hydrogens is 200 g/mol. The highest BCUT2D eigenvalue weighted by Crippen LogP contribution is 2.34. The number of rotatable bonds is 5. The average molecular weight is 222 g/mol. The Balaban J connectivity index is 1.57. The van der Waals surface area contributed by atoms with E-state index in [4.69, 9.17) is 0 Å². The molecule has 16 heavy (non-hydrogen) atoms. The predicted molar refractivity (Wildman–Crippen MR) is 63.1 cm³/mol. The van der Waals surface area contributed by atoms with Gasteiger partial charge in [-0.2, -0.15) is 0 Å². The molecule has 0 spiro atoms. The first-order valence-corrected chi connectivity index (χ1v) is 6.85. The van der Waals surface area contributed by atoms with Gasteiger partial charge in [-0.25, -0.2) is 0 Å². The first-order chi connectivity index (χ1) is 7.83. The van der Waals surface area contributed by atoms with Crippen molar-refractivity contribution in [3.05, 3.63) is 0 Å². The molecule has 1 N–H and O–H groups in total. The molecule has 1 aliphatic heterocycles. The van der Waals surface area contributed by atoms with Crippen LogP contribution >= 0.6 is 0 Å². The Labute approximate surface area is 97.6 Å². The molecule has 1 amide bonds. The molecule has 0 bridgehead atoms. The number of carbonyl (C=O) groups excluding carboxylic acids is 1. The van der Waals surface area contributed by atoms with E-state index >= 15 is 0 Å². The van der Waals surface area contributed by atoms with Gasteiger partial charge in [0.05, 0.1) is 6.04 Å². The Morgan fingerprint density at radius 1 is 1.06 bits per heavy atom. The van der Waals surface area contributed by atoms with Gasteiger partial charge >= 0.3 is 0 Å². The summed E-state index contributed by atoms with van der Waals surface area (Å²) in [5, 5.41) is 3.33. The maximum Gasteiger partial charge on any atom is 0.239 e. The van der Waals surface area contributed by atoms with Crippen LogP contribution in [0.4, 0.5) is 0 Å². The van der Waals surface area contributed by atoms with Gasteiger partial charge in [-0.15, -0.1) is 0 Å². The summed E-state index contributed by atoms with van der Waals surface area (Å²) in [6.45, 7) is 3.10. The zero-order chi connectivity index (χ0) is 11.0. The third-order valence-electron chi connectivity index (χ3n) is 4.02. The van der Waals surface area contributed by atoms with Gasteiger partial charge in [0.25, 0.3) is 0 Å². The minimum Gasteiger partial charge on any atom is -0.341 e. The lowest BCUT2D eigenvalue weighted by Crippen LogP contribution is -2.45. The third-order valence-corrected chi connectivity index (χ3v) is 4.02. The van der Waals surface area contributed by atoms with E-state index in [1.54, 1.807) is 0 Å². The number of amides is 1. The van der Waals surface area contributed by atoms with Crippen LogP contribution in [0.15, 0.2) is 0 Å². The van der Waals surface area contributed by atoms with E-state index in [2.05, 4.69) is 10.2 Å². The first kappa shape index (κ1) is 10.6. The van der Waals surface area contributed by atoms with Gasteiger partial charge in [0.1, 0.15) is 0 Å². The summed E-state index contributed by atoms with van der Waals surface area (Å²) < 4.78 is 0. The fraction of sp³-hybridized carbons (Fsp3) is 0.923. The number of carbonyl (C=O) groups is 1. The van der Waals surface area contributed by atoms with Gasteiger partial charge in [-0.1, -0.05) is 0 Å². The zero-order valence-corrected chi connectivity index (χ0v) is 9.95. The molecule has 1 saturated heterocycles. The quantitative estimate of drug-likeness (QED) is 0.762. The number of nitrogens with zero attached hydrogens (tertiary/aromatic N) is 1. The molecule has 1 atom stereocenters. The maximum atomic E-state index is 12.3. The second-order valence-corrected chi connectivity index (χ2v) is 5.78. The molecule has 3 rings (SSSR count). The molecule has 0 unspecified atom stereocenters. The van der Waals surface area contributed by atoms with Crippen LogP contribution in [0.1, 0.15) is 38.5 Å². The van der Waals surface area contributed by atoms with Crippen molar-refractivity contribution < 1.29 is 4.79 Å². The minimum absolute atomic E-state index is 0.137. The molecule has 0 aromatic rings. The van der Waals surface area contributed by atoms with Crippen LogP contribution in [-0.4, -0.2) is 36.5 Å². The Bertz CT molecular complexity index is 251. The van der Waals surface area contributed by atoms with Crippen molar-refractivity contribution in [2.75, 3.05) is 19.6 Å². The van der Waals surface area contributed by atoms with Gasteiger partial charge in [0, 0.05) is 13.1 Å². The second-order valence-electron chi connectivity index (χ2n) is 5.78. The fourth-order valence-electron chi connectivity index (χ4n) is 2.59. The molecule has 2 aliphatic carbocycles. The van der Waals surface area contributed by atoms with Crippen LogP contribution in [0.3, 0.4) is 0 Å². The molecule has 3 heteroatoms. The van der Waals surface area contributed by atoms with Crippen molar-refractivity contribution in [3.8, 4) is 0 Å². The Morgan fingerprint density at radius 2 is 1.69 bits per heavy atom. The maximum absolute atomic E-state index is 12.3. The summed E-state index contributed by atoms with van der Waals surface area (Å²) >= 11 is 0. The molecule has 1 heterocycles. The van der Waals surface area contributed by atoms with E-state index in [1.165, 1.54) is 25.7 Å². The van der Waals surface area contributed by atoms with E-state index in [1.807, 2.05) is 0 Å². The Kier molecular flexibility index (Phi) is 2.88. The van der Waals surface area contributed by atoms with Crippen LogP contribution in [0.2, 0.25) is 0 Å². The Hall–Kier alpha value is -0.570. The van der Waals surface area contributed by atoms with Crippen LogP contribution < -0.4 is 5.32 Å². The largest absolute Gasteiger partial charge is 0.341 e.